The molecule has 0 heterocycles. The number of phosphoric acid groups is 1. The van der Waals surface area contributed by atoms with E-state index in [2.05, 4.69) is 86.8 Å². The Hall–Kier alpha value is -2.55. The van der Waals surface area contributed by atoms with Crippen LogP contribution in [0.15, 0.2) is 72.9 Å². The predicted octanol–water partition coefficient (Wildman–Crippen LogP) is 16.9. The number of allylic oxidation sites excluding steroid dienone is 11. The molecule has 0 aromatic heterocycles. The van der Waals surface area contributed by atoms with E-state index in [4.69, 9.17) is 13.8 Å². The topological polar surface area (TPSA) is 111 Å². The number of nitrogens with zero attached hydrogens (tertiary/aromatic N) is 1. The largest absolute Gasteiger partial charge is 0.472 e. The van der Waals surface area contributed by atoms with Crippen LogP contribution < -0.4 is 5.32 Å². The van der Waals surface area contributed by atoms with E-state index in [-0.39, 0.29) is 31.5 Å². The number of quaternary nitrogens is 1. The van der Waals surface area contributed by atoms with Crippen LogP contribution in [0, 0.1) is 0 Å². The molecule has 2 N–H and O–H groups in total. The molecule has 9 nitrogen and oxygen atoms in total. The summed E-state index contributed by atoms with van der Waals surface area (Å²) in [5, 5.41) is 3.04. The van der Waals surface area contributed by atoms with Crippen LogP contribution in [0.2, 0.25) is 0 Å². The molecule has 0 fully saturated rings. The lowest BCUT2D eigenvalue weighted by Crippen LogP contribution is -2.47. The van der Waals surface area contributed by atoms with Crippen molar-refractivity contribution in [3.05, 3.63) is 72.9 Å². The van der Waals surface area contributed by atoms with Crippen molar-refractivity contribution in [2.24, 2.45) is 0 Å². The van der Waals surface area contributed by atoms with E-state index in [9.17, 15) is 19.0 Å². The monoisotopic (exact) mass is 988 g/mol. The van der Waals surface area contributed by atoms with E-state index in [0.717, 1.165) is 103 Å². The number of carbonyl (C=O) groups is 2. The van der Waals surface area contributed by atoms with Crippen LogP contribution in [0.5, 0.6) is 0 Å². The molecule has 0 aliphatic carbocycles. The number of hydrogen-bond donors (Lipinski definition) is 2. The lowest BCUT2D eigenvalue weighted by molar-refractivity contribution is -0.870. The fourth-order valence-electron chi connectivity index (χ4n) is 7.81. The van der Waals surface area contributed by atoms with Crippen molar-refractivity contribution in [1.29, 1.82) is 0 Å². The summed E-state index contributed by atoms with van der Waals surface area (Å²) in [6.45, 7) is 6.83. The first-order chi connectivity index (χ1) is 33.4. The molecule has 0 saturated carbocycles. The van der Waals surface area contributed by atoms with Crippen LogP contribution in [0.25, 0.3) is 0 Å². The number of rotatable bonds is 50. The van der Waals surface area contributed by atoms with Gasteiger partial charge in [-0.2, -0.15) is 0 Å². The molecule has 0 aliphatic heterocycles. The van der Waals surface area contributed by atoms with Gasteiger partial charge in [-0.05, 0) is 76.7 Å². The van der Waals surface area contributed by atoms with Crippen LogP contribution in [0.3, 0.4) is 0 Å². The van der Waals surface area contributed by atoms with Crippen molar-refractivity contribution < 1.29 is 37.3 Å². The summed E-state index contributed by atoms with van der Waals surface area (Å²) in [6, 6.07) is -0.861. The Kier molecular flexibility index (Phi) is 47.2. The summed E-state index contributed by atoms with van der Waals surface area (Å²) in [5.74, 6) is -0.534. The van der Waals surface area contributed by atoms with Crippen molar-refractivity contribution in [3.63, 3.8) is 0 Å². The van der Waals surface area contributed by atoms with Crippen molar-refractivity contribution in [3.8, 4) is 0 Å². The van der Waals surface area contributed by atoms with E-state index < -0.39 is 20.0 Å². The maximum absolute atomic E-state index is 13.5. The number of esters is 1. The zero-order chi connectivity index (χ0) is 50.8. The van der Waals surface area contributed by atoms with Crippen molar-refractivity contribution in [2.75, 3.05) is 40.9 Å². The summed E-state index contributed by atoms with van der Waals surface area (Å²) in [7, 11) is 1.47. The van der Waals surface area contributed by atoms with Crippen LogP contribution in [0.4, 0.5) is 0 Å². The molecule has 0 aliphatic rings. The highest BCUT2D eigenvalue weighted by atomic mass is 31.2. The van der Waals surface area contributed by atoms with Gasteiger partial charge in [0.25, 0.3) is 0 Å². The van der Waals surface area contributed by atoms with Gasteiger partial charge in [0.15, 0.2) is 0 Å². The number of amides is 1. The third-order valence-corrected chi connectivity index (χ3v) is 13.2. The molecule has 0 spiro atoms. The van der Waals surface area contributed by atoms with Crippen molar-refractivity contribution in [2.45, 2.75) is 251 Å². The second kappa shape index (κ2) is 49.0. The predicted molar refractivity (Wildman–Crippen MR) is 295 cm³/mol. The van der Waals surface area contributed by atoms with Gasteiger partial charge in [0.2, 0.25) is 5.91 Å². The molecule has 3 unspecified atom stereocenters. The van der Waals surface area contributed by atoms with Crippen molar-refractivity contribution in [1.82, 2.24) is 5.32 Å². The number of likely N-dealkylation sites (N-methyl/N-ethyl adjacent to an activating group) is 1. The van der Waals surface area contributed by atoms with Gasteiger partial charge in [-0.15, -0.1) is 0 Å². The fourth-order valence-corrected chi connectivity index (χ4v) is 8.55. The standard InChI is InChI=1S/C59H107N2O7P/c1-7-10-13-16-19-22-25-28-30-33-36-39-42-45-48-51-58(62)60-56(55-67-69(64,65)66-54-53-61(4,5)6)57(50-47-44-41-38-35-32-27-24-21-18-15-12-9-3)68-59(63)52-49-46-43-40-37-34-31-29-26-23-20-17-14-11-8-2/h11,14,17,19-20,22-23,25-26,28,47,50,56-57H,7-10,12-13,15-16,18,21,24,27,29-46,48-49,51-55H2,1-6H3,(H-,60,62,64,65)/p+1/b14-11+,20-17+,22-19+,26-23+,28-25+,50-47+. The first kappa shape index (κ1) is 66.5. The normalized spacial score (nSPS) is 14.4. The van der Waals surface area contributed by atoms with E-state index in [1.54, 1.807) is 0 Å². The average Bonchev–Trinajstić information content (AvgIpc) is 3.31. The van der Waals surface area contributed by atoms with Crippen LogP contribution in [-0.2, 0) is 27.9 Å². The third kappa shape index (κ3) is 50.2. The highest BCUT2D eigenvalue weighted by molar-refractivity contribution is 7.47. The molecule has 400 valence electrons. The van der Waals surface area contributed by atoms with Crippen LogP contribution >= 0.6 is 7.82 Å². The summed E-state index contributed by atoms with van der Waals surface area (Å²) < 4.78 is 30.6. The molecule has 0 bridgehead atoms. The molecule has 10 heteroatoms. The number of carbonyl (C=O) groups excluding carboxylic acids is 2. The Morgan fingerprint density at radius 3 is 1.42 bits per heavy atom. The zero-order valence-electron chi connectivity index (χ0n) is 45.5. The molecular weight excluding hydrogens is 880 g/mol. The van der Waals surface area contributed by atoms with Crippen molar-refractivity contribution >= 4 is 19.7 Å². The summed E-state index contributed by atoms with van der Waals surface area (Å²) >= 11 is 0. The number of hydrogen-bond acceptors (Lipinski definition) is 6. The van der Waals surface area contributed by atoms with Gasteiger partial charge in [-0.3, -0.25) is 18.6 Å². The SMILES string of the molecule is CC/C=C/C=C/C=C/CCCCCCCCCC(=O)OC(/C=C/CCCCCCCCCCCCC)C(COP(=O)(O)OCC[N+](C)(C)C)NC(=O)CCCCCCCC/C=C/C=C/CCCCC. The maximum atomic E-state index is 13.5. The van der Waals surface area contributed by atoms with Gasteiger partial charge in [0.1, 0.15) is 19.3 Å². The smallest absolute Gasteiger partial charge is 0.456 e. The molecular formula is C59H108N2O7P+. The average molecular weight is 988 g/mol. The molecule has 0 aromatic rings. The summed E-state index contributed by atoms with van der Waals surface area (Å²) in [5.41, 5.74) is 0. The Morgan fingerprint density at radius 2 is 0.928 bits per heavy atom. The Morgan fingerprint density at radius 1 is 0.522 bits per heavy atom. The highest BCUT2D eigenvalue weighted by Crippen LogP contribution is 2.43. The first-order valence-electron chi connectivity index (χ1n) is 28.3. The van der Waals surface area contributed by atoms with Gasteiger partial charge in [-0.1, -0.05) is 222 Å². The second-order valence-corrected chi connectivity index (χ2v) is 21.6. The quantitative estimate of drug-likeness (QED) is 0.0156. The lowest BCUT2D eigenvalue weighted by Gasteiger charge is -2.27. The Labute approximate surface area is 425 Å². The molecule has 1 amide bonds. The van der Waals surface area contributed by atoms with E-state index in [1.807, 2.05) is 33.3 Å². The molecule has 0 saturated heterocycles. The fraction of sp³-hybridized carbons (Fsp3) is 0.763. The van der Waals surface area contributed by atoms with Gasteiger partial charge < -0.3 is 19.4 Å². The van der Waals surface area contributed by atoms with Crippen LogP contribution in [-0.4, -0.2) is 74.3 Å². The third-order valence-electron chi connectivity index (χ3n) is 12.2. The zero-order valence-corrected chi connectivity index (χ0v) is 46.4. The van der Waals surface area contributed by atoms with Gasteiger partial charge in [0.05, 0.1) is 33.8 Å². The lowest BCUT2D eigenvalue weighted by atomic mass is 10.0. The number of nitrogens with one attached hydrogen (secondary N) is 1. The second-order valence-electron chi connectivity index (χ2n) is 20.2. The maximum Gasteiger partial charge on any atom is 0.472 e. The molecule has 0 radical (unpaired) electrons. The summed E-state index contributed by atoms with van der Waals surface area (Å²) in [4.78, 5) is 37.6. The summed E-state index contributed by atoms with van der Waals surface area (Å²) in [6.07, 6.45) is 61.7. The molecule has 3 atom stereocenters. The minimum atomic E-state index is -4.45. The minimum Gasteiger partial charge on any atom is -0.456 e. The molecule has 0 rings (SSSR count). The van der Waals surface area contributed by atoms with Gasteiger partial charge in [-0.25, -0.2) is 4.57 Å². The van der Waals surface area contributed by atoms with E-state index in [1.165, 1.54) is 103 Å². The van der Waals surface area contributed by atoms with E-state index >= 15 is 0 Å². The minimum absolute atomic E-state index is 0.0331. The Balaban J connectivity index is 5.43. The van der Waals surface area contributed by atoms with E-state index in [0.29, 0.717) is 17.4 Å². The number of ether oxygens (including phenoxy) is 1. The van der Waals surface area contributed by atoms with Crippen LogP contribution in [0.1, 0.15) is 239 Å². The highest BCUT2D eigenvalue weighted by Gasteiger charge is 2.30. The number of unbranched alkanes of at least 4 members (excludes halogenated alkanes) is 27. The van der Waals surface area contributed by atoms with Gasteiger partial charge >= 0.3 is 13.8 Å². The number of phosphoric ester groups is 1. The first-order valence-corrected chi connectivity index (χ1v) is 29.8. The molecule has 0 aromatic carbocycles. The molecule has 69 heavy (non-hydrogen) atoms. The Bertz CT molecular complexity index is 1420. The van der Waals surface area contributed by atoms with Gasteiger partial charge in [0, 0.05) is 12.8 Å².